The third-order valence-electron chi connectivity index (χ3n) is 3.04. The molecule has 0 saturated carbocycles. The molecular formula is C12H14FNO3S. The van der Waals surface area contributed by atoms with Crippen molar-refractivity contribution in [1.29, 1.82) is 0 Å². The molecule has 0 aliphatic carbocycles. The number of thioether (sulfide) groups is 1. The maximum atomic E-state index is 12.1. The molecule has 0 spiro atoms. The number of halogens is 1. The number of likely N-dealkylation sites (tertiary alicyclic amines) is 1. The van der Waals surface area contributed by atoms with Crippen LogP contribution in [0.25, 0.3) is 0 Å². The Hall–Kier alpha value is -1.30. The lowest BCUT2D eigenvalue weighted by Gasteiger charge is -2.30. The van der Waals surface area contributed by atoms with E-state index in [0.29, 0.717) is 31.7 Å². The number of nitrogens with zero attached hydrogens (tertiary/aromatic N) is 1. The summed E-state index contributed by atoms with van der Waals surface area (Å²) in [5, 5.41) is -0.109. The summed E-state index contributed by atoms with van der Waals surface area (Å²) in [7, 11) is 0. The number of piperidine rings is 1. The van der Waals surface area contributed by atoms with E-state index in [0.717, 1.165) is 11.8 Å². The van der Waals surface area contributed by atoms with Gasteiger partial charge in [0.25, 0.3) is 5.91 Å². The van der Waals surface area contributed by atoms with Gasteiger partial charge < -0.3 is 9.32 Å². The van der Waals surface area contributed by atoms with E-state index in [1.165, 1.54) is 6.26 Å². The Bertz CT molecular complexity index is 413. The highest BCUT2D eigenvalue weighted by atomic mass is 32.2. The number of furan rings is 1. The molecule has 1 aliphatic rings. The summed E-state index contributed by atoms with van der Waals surface area (Å²) in [6.45, 7) is 1.03. The van der Waals surface area contributed by atoms with E-state index in [1.807, 2.05) is 0 Å². The van der Waals surface area contributed by atoms with Crippen molar-refractivity contribution in [3.63, 3.8) is 0 Å². The van der Waals surface area contributed by atoms with Gasteiger partial charge in [0.05, 0.1) is 6.26 Å². The van der Waals surface area contributed by atoms with E-state index in [2.05, 4.69) is 0 Å². The highest BCUT2D eigenvalue weighted by Crippen LogP contribution is 2.24. The fourth-order valence-corrected chi connectivity index (χ4v) is 2.62. The Kier molecular flexibility index (Phi) is 4.41. The molecule has 0 radical (unpaired) electrons. The van der Waals surface area contributed by atoms with Crippen LogP contribution in [0.2, 0.25) is 0 Å². The second-order valence-electron chi connectivity index (χ2n) is 4.12. The van der Waals surface area contributed by atoms with Gasteiger partial charge in [-0.1, -0.05) is 11.8 Å². The first-order valence-electron chi connectivity index (χ1n) is 5.77. The molecule has 2 rings (SSSR count). The molecule has 0 unspecified atom stereocenters. The zero-order valence-corrected chi connectivity index (χ0v) is 10.6. The normalized spacial score (nSPS) is 16.8. The van der Waals surface area contributed by atoms with Crippen LogP contribution in [-0.2, 0) is 4.79 Å². The number of hydrogen-bond donors (Lipinski definition) is 0. The smallest absolute Gasteiger partial charge is 0.289 e. The van der Waals surface area contributed by atoms with Gasteiger partial charge >= 0.3 is 0 Å². The number of amides is 1. The minimum atomic E-state index is -0.676. The molecule has 0 N–H and O–H groups in total. The van der Waals surface area contributed by atoms with E-state index in [4.69, 9.17) is 4.42 Å². The third-order valence-corrected chi connectivity index (χ3v) is 3.77. The predicted octanol–water partition coefficient (Wildman–Crippen LogP) is 2.32. The molecule has 1 aromatic heterocycles. The Morgan fingerprint density at radius 2 is 2.17 bits per heavy atom. The van der Waals surface area contributed by atoms with Crippen molar-refractivity contribution in [2.75, 3.05) is 19.1 Å². The van der Waals surface area contributed by atoms with E-state index in [1.54, 1.807) is 17.0 Å². The molecule has 6 heteroatoms. The summed E-state index contributed by atoms with van der Waals surface area (Å²) in [4.78, 5) is 25.1. The maximum absolute atomic E-state index is 12.1. The van der Waals surface area contributed by atoms with Gasteiger partial charge in [-0.3, -0.25) is 9.59 Å². The number of carbonyl (C=O) groups excluding carboxylic acids is 2. The van der Waals surface area contributed by atoms with Crippen molar-refractivity contribution < 1.29 is 18.4 Å². The number of carbonyl (C=O) groups is 2. The largest absolute Gasteiger partial charge is 0.459 e. The summed E-state index contributed by atoms with van der Waals surface area (Å²) in [6.07, 6.45) is 2.65. The topological polar surface area (TPSA) is 50.5 Å². The van der Waals surface area contributed by atoms with Crippen LogP contribution in [0.3, 0.4) is 0 Å². The van der Waals surface area contributed by atoms with Crippen LogP contribution in [0, 0.1) is 5.92 Å². The zero-order chi connectivity index (χ0) is 13.0. The number of alkyl halides is 1. The molecule has 0 bridgehead atoms. The minimum Gasteiger partial charge on any atom is -0.459 e. The lowest BCUT2D eigenvalue weighted by molar-refractivity contribution is -0.115. The SMILES string of the molecule is O=C(SCF)C1CCN(C(=O)c2ccco2)CC1. The first-order valence-corrected chi connectivity index (χ1v) is 6.76. The average molecular weight is 271 g/mol. The first-order chi connectivity index (χ1) is 8.72. The van der Waals surface area contributed by atoms with E-state index in [-0.39, 0.29) is 16.9 Å². The van der Waals surface area contributed by atoms with Gasteiger partial charge in [0.15, 0.2) is 10.9 Å². The highest BCUT2D eigenvalue weighted by molar-refractivity contribution is 8.13. The van der Waals surface area contributed by atoms with Crippen molar-refractivity contribution in [3.05, 3.63) is 24.2 Å². The van der Waals surface area contributed by atoms with Gasteiger partial charge in [-0.2, -0.15) is 0 Å². The van der Waals surface area contributed by atoms with Gasteiger partial charge in [-0.25, -0.2) is 4.39 Å². The van der Waals surface area contributed by atoms with E-state index in [9.17, 15) is 14.0 Å². The summed E-state index contributed by atoms with van der Waals surface area (Å²) in [6, 6.07) is 2.62. The van der Waals surface area contributed by atoms with Gasteiger partial charge in [0.2, 0.25) is 0 Å². The molecule has 98 valence electrons. The molecule has 4 nitrogen and oxygen atoms in total. The van der Waals surface area contributed by atoms with Crippen LogP contribution in [0.5, 0.6) is 0 Å². The van der Waals surface area contributed by atoms with Crippen LogP contribution in [0.4, 0.5) is 4.39 Å². The Balaban J connectivity index is 1.87. The molecule has 2 heterocycles. The first kappa shape index (κ1) is 13.1. The van der Waals surface area contributed by atoms with Crippen molar-refractivity contribution in [1.82, 2.24) is 4.90 Å². The van der Waals surface area contributed by atoms with Gasteiger partial charge in [0.1, 0.15) is 6.01 Å². The highest BCUT2D eigenvalue weighted by Gasteiger charge is 2.28. The van der Waals surface area contributed by atoms with Crippen molar-refractivity contribution in [3.8, 4) is 0 Å². The second-order valence-corrected chi connectivity index (χ2v) is 5.03. The van der Waals surface area contributed by atoms with Crippen molar-refractivity contribution >= 4 is 22.8 Å². The molecule has 1 aromatic rings. The van der Waals surface area contributed by atoms with Gasteiger partial charge in [-0.15, -0.1) is 0 Å². The second kappa shape index (κ2) is 6.04. The van der Waals surface area contributed by atoms with Crippen molar-refractivity contribution in [2.45, 2.75) is 12.8 Å². The Labute approximate surface area is 109 Å². The summed E-state index contributed by atoms with van der Waals surface area (Å²) in [5.74, 6) is 0.0355. The fourth-order valence-electron chi connectivity index (χ4n) is 2.05. The molecule has 1 saturated heterocycles. The van der Waals surface area contributed by atoms with E-state index < -0.39 is 6.01 Å². The molecular weight excluding hydrogens is 257 g/mol. The quantitative estimate of drug-likeness (QED) is 0.846. The predicted molar refractivity (Wildman–Crippen MR) is 65.9 cm³/mol. The summed E-state index contributed by atoms with van der Waals surface area (Å²) >= 11 is 0.718. The molecule has 1 amide bonds. The van der Waals surface area contributed by atoms with E-state index >= 15 is 0 Å². The third kappa shape index (κ3) is 2.93. The Morgan fingerprint density at radius 3 is 2.72 bits per heavy atom. The molecule has 18 heavy (non-hydrogen) atoms. The standard InChI is InChI=1S/C12H14FNO3S/c13-8-18-12(16)9-3-5-14(6-4-9)11(15)10-2-1-7-17-10/h1-2,7,9H,3-6,8H2. The zero-order valence-electron chi connectivity index (χ0n) is 9.80. The number of hydrogen-bond acceptors (Lipinski definition) is 4. The van der Waals surface area contributed by atoms with Crippen LogP contribution in [0.15, 0.2) is 22.8 Å². The van der Waals surface area contributed by atoms with Crippen molar-refractivity contribution in [2.24, 2.45) is 5.92 Å². The van der Waals surface area contributed by atoms with Gasteiger partial charge in [0, 0.05) is 19.0 Å². The van der Waals surface area contributed by atoms with Crippen LogP contribution < -0.4 is 0 Å². The molecule has 1 fully saturated rings. The summed E-state index contributed by atoms with van der Waals surface area (Å²) in [5.41, 5.74) is 0. The summed E-state index contributed by atoms with van der Waals surface area (Å²) < 4.78 is 17.1. The fraction of sp³-hybridized carbons (Fsp3) is 0.500. The number of rotatable bonds is 3. The average Bonchev–Trinajstić information content (AvgIpc) is 2.92. The lowest BCUT2D eigenvalue weighted by Crippen LogP contribution is -2.39. The molecule has 1 aliphatic heterocycles. The minimum absolute atomic E-state index is 0.109. The molecule has 0 aromatic carbocycles. The van der Waals surface area contributed by atoms with Crippen LogP contribution >= 0.6 is 11.8 Å². The van der Waals surface area contributed by atoms with Crippen LogP contribution in [-0.4, -0.2) is 35.0 Å². The molecule has 0 atom stereocenters. The lowest BCUT2D eigenvalue weighted by atomic mass is 9.98. The maximum Gasteiger partial charge on any atom is 0.289 e. The van der Waals surface area contributed by atoms with Gasteiger partial charge in [-0.05, 0) is 25.0 Å². The Morgan fingerprint density at radius 1 is 1.44 bits per heavy atom. The monoisotopic (exact) mass is 271 g/mol. The van der Waals surface area contributed by atoms with Crippen LogP contribution in [0.1, 0.15) is 23.4 Å².